The highest BCUT2D eigenvalue weighted by atomic mass is 16.6. The van der Waals surface area contributed by atoms with Gasteiger partial charge in [-0.25, -0.2) is 0 Å². The largest absolute Gasteiger partial charge is 0.462 e. The highest BCUT2D eigenvalue weighted by molar-refractivity contribution is 5.71. The third-order valence-corrected chi connectivity index (χ3v) is 11.9. The Morgan fingerprint density at radius 3 is 0.985 bits per heavy atom. The summed E-state index contributed by atoms with van der Waals surface area (Å²) in [7, 11) is 0. The van der Waals surface area contributed by atoms with Crippen LogP contribution in [0.15, 0.2) is 72.9 Å². The van der Waals surface area contributed by atoms with E-state index in [1.54, 1.807) is 0 Å². The summed E-state index contributed by atoms with van der Waals surface area (Å²) in [6.45, 7) is 6.42. The Hall–Kier alpha value is -3.15. The summed E-state index contributed by atoms with van der Waals surface area (Å²) in [5.41, 5.74) is 0. The first kappa shape index (κ1) is 62.8. The van der Waals surface area contributed by atoms with Crippen molar-refractivity contribution in [3.8, 4) is 0 Å². The molecule has 380 valence electrons. The highest BCUT2D eigenvalue weighted by Crippen LogP contribution is 2.16. The predicted octanol–water partition coefficient (Wildman–Crippen LogP) is 18.6. The molecule has 0 N–H and O–H groups in total. The van der Waals surface area contributed by atoms with Crippen LogP contribution >= 0.6 is 0 Å². The van der Waals surface area contributed by atoms with Gasteiger partial charge in [-0.2, -0.15) is 0 Å². The van der Waals surface area contributed by atoms with Gasteiger partial charge in [-0.05, 0) is 83.5 Å². The van der Waals surface area contributed by atoms with Gasteiger partial charge in [0.25, 0.3) is 0 Å². The van der Waals surface area contributed by atoms with Crippen molar-refractivity contribution in [3.05, 3.63) is 72.9 Å². The molecule has 6 nitrogen and oxygen atoms in total. The molecule has 0 aromatic heterocycles. The van der Waals surface area contributed by atoms with Gasteiger partial charge in [0, 0.05) is 19.3 Å². The third-order valence-electron chi connectivity index (χ3n) is 11.9. The molecule has 1 atom stereocenters. The minimum absolute atomic E-state index is 0.0763. The Morgan fingerprint density at radius 2 is 0.606 bits per heavy atom. The van der Waals surface area contributed by atoms with E-state index in [0.29, 0.717) is 19.3 Å². The van der Waals surface area contributed by atoms with E-state index >= 15 is 0 Å². The number of hydrogen-bond acceptors (Lipinski definition) is 6. The normalized spacial score (nSPS) is 12.6. The van der Waals surface area contributed by atoms with Gasteiger partial charge in [0.1, 0.15) is 13.2 Å². The van der Waals surface area contributed by atoms with Crippen molar-refractivity contribution in [3.63, 3.8) is 0 Å². The fourth-order valence-corrected chi connectivity index (χ4v) is 7.74. The molecule has 0 aliphatic heterocycles. The molecule has 0 radical (unpaired) electrons. The molecule has 0 rings (SSSR count). The average molecular weight is 921 g/mol. The Kier molecular flexibility index (Phi) is 51.9. The van der Waals surface area contributed by atoms with Gasteiger partial charge in [0.2, 0.25) is 0 Å². The molecule has 66 heavy (non-hydrogen) atoms. The molecule has 0 spiro atoms. The zero-order valence-corrected chi connectivity index (χ0v) is 43.4. The quantitative estimate of drug-likeness (QED) is 0.0262. The molecule has 0 amide bonds. The second kappa shape index (κ2) is 54.5. The van der Waals surface area contributed by atoms with Gasteiger partial charge >= 0.3 is 17.9 Å². The standard InChI is InChI=1S/C60H104O6/c1-4-7-10-13-16-18-20-21-22-23-24-25-26-27-28-29-30-31-32-33-34-35-36-37-38-39-41-42-44-47-50-53-59(62)65-56-57(55-64-58(61)52-49-46-15-12-9-6-3)66-60(63)54-51-48-45-43-40-19-17-14-11-8-5-2/h7,10,14,16-18,21-22,24-25,27-28,57H,4-6,8-9,11-13,15,19-20,23,26,29-56H2,1-3H3/b10-7-,17-14-,18-16-,22-21-,25-24-,28-27-. The molecule has 0 aromatic carbocycles. The van der Waals surface area contributed by atoms with Gasteiger partial charge < -0.3 is 14.2 Å². The number of hydrogen-bond donors (Lipinski definition) is 0. The third kappa shape index (κ3) is 51.8. The molecule has 0 saturated carbocycles. The second-order valence-corrected chi connectivity index (χ2v) is 18.5. The zero-order valence-electron chi connectivity index (χ0n) is 43.4. The number of carbonyl (C=O) groups is 3. The van der Waals surface area contributed by atoms with Crippen molar-refractivity contribution in [2.75, 3.05) is 13.2 Å². The van der Waals surface area contributed by atoms with Crippen molar-refractivity contribution in [2.24, 2.45) is 0 Å². The Bertz CT molecular complexity index is 1240. The molecule has 0 aromatic rings. The number of rotatable bonds is 50. The van der Waals surface area contributed by atoms with Crippen LogP contribution < -0.4 is 0 Å². The van der Waals surface area contributed by atoms with Gasteiger partial charge in [-0.15, -0.1) is 0 Å². The highest BCUT2D eigenvalue weighted by Gasteiger charge is 2.19. The lowest BCUT2D eigenvalue weighted by Gasteiger charge is -2.18. The van der Waals surface area contributed by atoms with E-state index < -0.39 is 6.10 Å². The first-order valence-corrected chi connectivity index (χ1v) is 27.9. The van der Waals surface area contributed by atoms with Crippen LogP contribution in [-0.2, 0) is 28.6 Å². The van der Waals surface area contributed by atoms with Crippen LogP contribution in [0.2, 0.25) is 0 Å². The summed E-state index contributed by atoms with van der Waals surface area (Å²) in [5.74, 6) is -0.892. The van der Waals surface area contributed by atoms with Gasteiger partial charge in [-0.3, -0.25) is 14.4 Å². The number of ether oxygens (including phenoxy) is 3. The summed E-state index contributed by atoms with van der Waals surface area (Å²) < 4.78 is 16.7. The van der Waals surface area contributed by atoms with E-state index in [-0.39, 0.29) is 31.1 Å². The summed E-state index contributed by atoms with van der Waals surface area (Å²) in [6.07, 6.45) is 69.4. The summed E-state index contributed by atoms with van der Waals surface area (Å²) in [6, 6.07) is 0. The molecule has 0 aliphatic rings. The first-order valence-electron chi connectivity index (χ1n) is 27.9. The molecule has 6 heteroatoms. The Labute approximate surface area is 408 Å². The van der Waals surface area contributed by atoms with Crippen LogP contribution in [-0.4, -0.2) is 37.2 Å². The van der Waals surface area contributed by atoms with Crippen LogP contribution in [0.5, 0.6) is 0 Å². The van der Waals surface area contributed by atoms with E-state index in [0.717, 1.165) is 103 Å². The minimum Gasteiger partial charge on any atom is -0.462 e. The van der Waals surface area contributed by atoms with Crippen molar-refractivity contribution in [2.45, 2.75) is 277 Å². The maximum Gasteiger partial charge on any atom is 0.306 e. The fourth-order valence-electron chi connectivity index (χ4n) is 7.74. The number of carbonyl (C=O) groups excluding carboxylic acids is 3. The molecule has 0 fully saturated rings. The minimum atomic E-state index is -0.773. The first-order chi connectivity index (χ1) is 32.5. The Balaban J connectivity index is 3.97. The van der Waals surface area contributed by atoms with E-state index in [9.17, 15) is 14.4 Å². The van der Waals surface area contributed by atoms with Crippen LogP contribution in [0.25, 0.3) is 0 Å². The van der Waals surface area contributed by atoms with E-state index in [2.05, 4.69) is 93.7 Å². The van der Waals surface area contributed by atoms with Crippen molar-refractivity contribution in [1.82, 2.24) is 0 Å². The number of esters is 3. The Morgan fingerprint density at radius 1 is 0.318 bits per heavy atom. The summed E-state index contributed by atoms with van der Waals surface area (Å²) in [4.78, 5) is 37.7. The lowest BCUT2D eigenvalue weighted by atomic mass is 10.0. The fraction of sp³-hybridized carbons (Fsp3) is 0.750. The van der Waals surface area contributed by atoms with Gasteiger partial charge in [0.05, 0.1) is 0 Å². The lowest BCUT2D eigenvalue weighted by Crippen LogP contribution is -2.30. The monoisotopic (exact) mass is 921 g/mol. The predicted molar refractivity (Wildman–Crippen MR) is 284 cm³/mol. The van der Waals surface area contributed by atoms with E-state index in [4.69, 9.17) is 14.2 Å². The van der Waals surface area contributed by atoms with Crippen LogP contribution in [0.4, 0.5) is 0 Å². The smallest absolute Gasteiger partial charge is 0.306 e. The van der Waals surface area contributed by atoms with Gasteiger partial charge in [0.15, 0.2) is 6.10 Å². The van der Waals surface area contributed by atoms with Crippen molar-refractivity contribution in [1.29, 1.82) is 0 Å². The average Bonchev–Trinajstić information content (AvgIpc) is 3.31. The van der Waals surface area contributed by atoms with E-state index in [1.807, 2.05) is 0 Å². The molecule has 0 aliphatic carbocycles. The SMILES string of the molecule is CC/C=C\C/C=C\C/C=C\C/C=C\C/C=C\CCCCCCCCCCCCCCCCCC(=O)OCC(COC(=O)CCCCCCCC)OC(=O)CCCCCCC/C=C\CCCC. The van der Waals surface area contributed by atoms with E-state index in [1.165, 1.54) is 128 Å². The topological polar surface area (TPSA) is 78.9 Å². The maximum atomic E-state index is 12.7. The van der Waals surface area contributed by atoms with Crippen LogP contribution in [0.3, 0.4) is 0 Å². The molecule has 1 unspecified atom stereocenters. The van der Waals surface area contributed by atoms with Crippen LogP contribution in [0.1, 0.15) is 271 Å². The molecular weight excluding hydrogens is 817 g/mol. The van der Waals surface area contributed by atoms with Crippen molar-refractivity contribution < 1.29 is 28.6 Å². The second-order valence-electron chi connectivity index (χ2n) is 18.5. The van der Waals surface area contributed by atoms with Crippen LogP contribution in [0, 0.1) is 0 Å². The summed E-state index contributed by atoms with van der Waals surface area (Å²) >= 11 is 0. The molecule has 0 heterocycles. The number of unbranched alkanes of at least 4 members (excludes halogenated alkanes) is 27. The summed E-state index contributed by atoms with van der Waals surface area (Å²) in [5, 5.41) is 0. The molecular formula is C60H104O6. The molecule has 0 bridgehead atoms. The maximum absolute atomic E-state index is 12.7. The van der Waals surface area contributed by atoms with Crippen molar-refractivity contribution >= 4 is 17.9 Å². The van der Waals surface area contributed by atoms with Gasteiger partial charge in [-0.1, -0.05) is 241 Å². The number of allylic oxidation sites excluding steroid dienone is 12. The zero-order chi connectivity index (χ0) is 47.9. The molecule has 0 saturated heterocycles. The lowest BCUT2D eigenvalue weighted by molar-refractivity contribution is -0.167.